The molecule has 7 heteroatoms. The third-order valence-corrected chi connectivity index (χ3v) is 3.54. The van der Waals surface area contributed by atoms with Crippen LogP contribution in [0.4, 0.5) is 0 Å². The van der Waals surface area contributed by atoms with E-state index >= 15 is 0 Å². The van der Waals surface area contributed by atoms with Gasteiger partial charge in [-0.2, -0.15) is 4.98 Å². The van der Waals surface area contributed by atoms with E-state index in [1.54, 1.807) is 7.05 Å². The first-order valence-electron chi connectivity index (χ1n) is 6.08. The van der Waals surface area contributed by atoms with Gasteiger partial charge in [0.2, 0.25) is 0 Å². The molecule has 0 saturated carbocycles. The zero-order valence-electron chi connectivity index (χ0n) is 11.0. The molecule has 0 fully saturated rings. The van der Waals surface area contributed by atoms with Gasteiger partial charge >= 0.3 is 11.1 Å². The highest BCUT2D eigenvalue weighted by Gasteiger charge is 2.06. The average Bonchev–Trinajstić information content (AvgIpc) is 2.33. The van der Waals surface area contributed by atoms with E-state index in [9.17, 15) is 9.59 Å². The Balaban J connectivity index is 2.47. The number of rotatable bonds is 7. The second-order valence-corrected chi connectivity index (χ2v) is 5.25. The summed E-state index contributed by atoms with van der Waals surface area (Å²) in [6.45, 7) is 5.28. The molecule has 0 radical (unpaired) electrons. The standard InChI is InChI=1S/C11H20N4O2S/c1-4-6-12-8(2)5-7-18-11-13-9(16)10(17)14-15(11)3/h8,12H,4-7H2,1-3H3,(H,14,17). The van der Waals surface area contributed by atoms with E-state index in [1.165, 1.54) is 16.4 Å². The number of nitrogens with zero attached hydrogens (tertiary/aromatic N) is 2. The average molecular weight is 272 g/mol. The lowest BCUT2D eigenvalue weighted by Crippen LogP contribution is -2.34. The second kappa shape index (κ2) is 7.38. The van der Waals surface area contributed by atoms with Crippen LogP contribution in [0, 0.1) is 0 Å². The Bertz CT molecular complexity index is 483. The lowest BCUT2D eigenvalue weighted by molar-refractivity contribution is 0.535. The van der Waals surface area contributed by atoms with Crippen molar-refractivity contribution in [1.82, 2.24) is 20.1 Å². The smallest absolute Gasteiger partial charge is 0.314 e. The van der Waals surface area contributed by atoms with Crippen molar-refractivity contribution >= 4 is 11.8 Å². The van der Waals surface area contributed by atoms with Crippen molar-refractivity contribution in [2.75, 3.05) is 12.3 Å². The Morgan fingerprint density at radius 1 is 1.50 bits per heavy atom. The van der Waals surface area contributed by atoms with Gasteiger partial charge in [0.15, 0.2) is 5.16 Å². The minimum atomic E-state index is -0.729. The van der Waals surface area contributed by atoms with Crippen LogP contribution in [0.15, 0.2) is 14.7 Å². The molecule has 0 saturated heterocycles. The summed E-state index contributed by atoms with van der Waals surface area (Å²) >= 11 is 1.47. The molecule has 1 aromatic rings. The minimum absolute atomic E-state index is 0.442. The Morgan fingerprint density at radius 3 is 2.89 bits per heavy atom. The third-order valence-electron chi connectivity index (χ3n) is 2.47. The van der Waals surface area contributed by atoms with Gasteiger partial charge in [-0.15, -0.1) is 0 Å². The summed E-state index contributed by atoms with van der Waals surface area (Å²) in [6.07, 6.45) is 2.10. The quantitative estimate of drug-likeness (QED) is 0.552. The molecule has 1 heterocycles. The van der Waals surface area contributed by atoms with Crippen LogP contribution in [0.25, 0.3) is 0 Å². The topological polar surface area (TPSA) is 79.8 Å². The Morgan fingerprint density at radius 2 is 2.22 bits per heavy atom. The number of aryl methyl sites for hydroxylation is 1. The van der Waals surface area contributed by atoms with Gasteiger partial charge in [0.1, 0.15) is 0 Å². The largest absolute Gasteiger partial charge is 0.339 e. The van der Waals surface area contributed by atoms with Gasteiger partial charge < -0.3 is 5.32 Å². The van der Waals surface area contributed by atoms with Crippen LogP contribution < -0.4 is 16.4 Å². The molecule has 1 aromatic heterocycles. The van der Waals surface area contributed by atoms with Crippen LogP contribution in [0.3, 0.4) is 0 Å². The van der Waals surface area contributed by atoms with Crippen molar-refractivity contribution in [2.24, 2.45) is 7.05 Å². The zero-order chi connectivity index (χ0) is 13.5. The maximum atomic E-state index is 11.1. The van der Waals surface area contributed by atoms with Crippen molar-refractivity contribution in [3.05, 3.63) is 20.7 Å². The molecule has 0 aliphatic rings. The van der Waals surface area contributed by atoms with Crippen LogP contribution in [0.2, 0.25) is 0 Å². The lowest BCUT2D eigenvalue weighted by atomic mass is 10.2. The highest BCUT2D eigenvalue weighted by Crippen LogP contribution is 2.13. The van der Waals surface area contributed by atoms with E-state index < -0.39 is 11.1 Å². The summed E-state index contributed by atoms with van der Waals surface area (Å²) in [6, 6.07) is 0.442. The van der Waals surface area contributed by atoms with E-state index in [1.807, 2.05) is 0 Å². The van der Waals surface area contributed by atoms with Crippen LogP contribution >= 0.6 is 11.8 Å². The molecule has 0 aliphatic carbocycles. The molecule has 1 rings (SSSR count). The van der Waals surface area contributed by atoms with E-state index in [0.717, 1.165) is 25.1 Å². The van der Waals surface area contributed by atoms with Gasteiger partial charge in [-0.3, -0.25) is 19.4 Å². The fourth-order valence-corrected chi connectivity index (χ4v) is 2.45. The summed E-state index contributed by atoms with van der Waals surface area (Å²) in [5.74, 6) is 0.851. The molecule has 0 bridgehead atoms. The predicted molar refractivity (Wildman–Crippen MR) is 73.2 cm³/mol. The summed E-state index contributed by atoms with van der Waals surface area (Å²) < 4.78 is 1.48. The van der Waals surface area contributed by atoms with Gasteiger partial charge in [-0.25, -0.2) is 0 Å². The van der Waals surface area contributed by atoms with Crippen molar-refractivity contribution in [3.63, 3.8) is 0 Å². The molecule has 1 unspecified atom stereocenters. The molecule has 0 spiro atoms. The first kappa shape index (κ1) is 15.0. The fourth-order valence-electron chi connectivity index (χ4n) is 1.41. The molecule has 0 aliphatic heterocycles. The monoisotopic (exact) mass is 272 g/mol. The lowest BCUT2D eigenvalue weighted by Gasteiger charge is -2.12. The number of hydrogen-bond acceptors (Lipinski definition) is 5. The van der Waals surface area contributed by atoms with Gasteiger partial charge in [0.05, 0.1) is 0 Å². The molecular weight excluding hydrogens is 252 g/mol. The van der Waals surface area contributed by atoms with Crippen molar-refractivity contribution < 1.29 is 0 Å². The highest BCUT2D eigenvalue weighted by molar-refractivity contribution is 7.99. The summed E-state index contributed by atoms with van der Waals surface area (Å²) in [4.78, 5) is 25.9. The Kier molecular flexibility index (Phi) is 6.14. The maximum Gasteiger partial charge on any atom is 0.339 e. The molecule has 2 N–H and O–H groups in total. The number of H-pyrrole nitrogens is 1. The van der Waals surface area contributed by atoms with Crippen molar-refractivity contribution in [2.45, 2.75) is 37.9 Å². The number of hydrogen-bond donors (Lipinski definition) is 2. The SMILES string of the molecule is CCCNC(C)CCSc1nc(=O)c(=O)[nH]n1C. The normalized spacial score (nSPS) is 12.6. The zero-order valence-corrected chi connectivity index (χ0v) is 11.8. The number of nitrogens with one attached hydrogen (secondary N) is 2. The molecule has 0 amide bonds. The first-order chi connectivity index (χ1) is 8.54. The summed E-state index contributed by atoms with van der Waals surface area (Å²) in [5.41, 5.74) is -1.41. The molecule has 18 heavy (non-hydrogen) atoms. The van der Waals surface area contributed by atoms with Gasteiger partial charge in [0.25, 0.3) is 0 Å². The number of aromatic amines is 1. The van der Waals surface area contributed by atoms with E-state index in [2.05, 4.69) is 29.2 Å². The van der Waals surface area contributed by atoms with Crippen molar-refractivity contribution in [1.29, 1.82) is 0 Å². The van der Waals surface area contributed by atoms with Crippen LogP contribution in [0.1, 0.15) is 26.7 Å². The summed E-state index contributed by atoms with van der Waals surface area (Å²) in [7, 11) is 1.68. The second-order valence-electron chi connectivity index (χ2n) is 4.19. The predicted octanol–water partition coefficient (Wildman–Crippen LogP) is 0.339. The van der Waals surface area contributed by atoms with Crippen LogP contribution in [-0.4, -0.2) is 33.1 Å². The Hall–Kier alpha value is -1.08. The van der Waals surface area contributed by atoms with Gasteiger partial charge in [0, 0.05) is 18.8 Å². The van der Waals surface area contributed by atoms with Gasteiger partial charge in [-0.05, 0) is 26.3 Å². The minimum Gasteiger partial charge on any atom is -0.314 e. The van der Waals surface area contributed by atoms with E-state index in [4.69, 9.17) is 0 Å². The molecule has 102 valence electrons. The van der Waals surface area contributed by atoms with Gasteiger partial charge in [-0.1, -0.05) is 18.7 Å². The molecule has 6 nitrogen and oxygen atoms in total. The maximum absolute atomic E-state index is 11.1. The molecule has 0 aromatic carbocycles. The molecule has 1 atom stereocenters. The van der Waals surface area contributed by atoms with E-state index in [-0.39, 0.29) is 0 Å². The first-order valence-corrected chi connectivity index (χ1v) is 7.06. The summed E-state index contributed by atoms with van der Waals surface area (Å²) in [5, 5.41) is 6.37. The van der Waals surface area contributed by atoms with E-state index in [0.29, 0.717) is 11.2 Å². The van der Waals surface area contributed by atoms with Crippen molar-refractivity contribution in [3.8, 4) is 0 Å². The third kappa shape index (κ3) is 4.66. The van der Waals surface area contributed by atoms with Crippen LogP contribution in [0.5, 0.6) is 0 Å². The molecular formula is C11H20N4O2S. The number of aromatic nitrogens is 3. The number of thioether (sulfide) groups is 1. The van der Waals surface area contributed by atoms with Crippen LogP contribution in [-0.2, 0) is 7.05 Å². The fraction of sp³-hybridized carbons (Fsp3) is 0.727. The highest BCUT2D eigenvalue weighted by atomic mass is 32.2. The Labute approximate surface area is 110 Å².